The fourth-order valence-electron chi connectivity index (χ4n) is 3.47. The second-order valence-corrected chi connectivity index (χ2v) is 7.46. The number of ether oxygens (including phenoxy) is 1. The minimum Gasteiger partial charge on any atom is -0.467 e. The van der Waals surface area contributed by atoms with Gasteiger partial charge in [-0.2, -0.15) is 0 Å². The number of unbranched alkanes of at least 4 members (excludes halogenated alkanes) is 2. The lowest BCUT2D eigenvalue weighted by atomic mass is 9.98. The van der Waals surface area contributed by atoms with E-state index < -0.39 is 17.9 Å². The van der Waals surface area contributed by atoms with Gasteiger partial charge in [0.1, 0.15) is 0 Å². The van der Waals surface area contributed by atoms with E-state index in [0.717, 1.165) is 41.5 Å². The molecule has 0 saturated carbocycles. The highest BCUT2D eigenvalue weighted by atomic mass is 16.5. The molecule has 3 aromatic rings. The Kier molecular flexibility index (Phi) is 8.04. The van der Waals surface area contributed by atoms with Crippen molar-refractivity contribution in [3.8, 4) is 22.5 Å². The van der Waals surface area contributed by atoms with Crippen molar-refractivity contribution in [3.63, 3.8) is 0 Å². The fourth-order valence-corrected chi connectivity index (χ4v) is 3.47. The molecule has 0 aliphatic rings. The lowest BCUT2D eigenvalue weighted by Gasteiger charge is -2.25. The van der Waals surface area contributed by atoms with Crippen molar-refractivity contribution in [1.29, 1.82) is 0 Å². The first kappa shape index (κ1) is 23.1. The Morgan fingerprint density at radius 1 is 1.09 bits per heavy atom. The van der Waals surface area contributed by atoms with Gasteiger partial charge < -0.3 is 15.4 Å². The summed E-state index contributed by atoms with van der Waals surface area (Å²) in [6.07, 6.45) is 2.86. The van der Waals surface area contributed by atoms with Crippen LogP contribution in [0.15, 0.2) is 48.5 Å². The van der Waals surface area contributed by atoms with Gasteiger partial charge in [0.05, 0.1) is 7.11 Å². The third-order valence-corrected chi connectivity index (χ3v) is 5.23. The summed E-state index contributed by atoms with van der Waals surface area (Å²) in [6, 6.07) is 14.4. The summed E-state index contributed by atoms with van der Waals surface area (Å²) in [4.78, 5) is 26.2. The molecule has 0 fully saturated rings. The fraction of sp³-hybridized carbons (Fsp3) is 0.348. The smallest absolute Gasteiger partial charge is 0.332 e. The number of carbonyl (C=O) groups excluding carboxylic acids is 2. The minimum atomic E-state index is -1.32. The van der Waals surface area contributed by atoms with E-state index in [0.29, 0.717) is 18.9 Å². The Labute approximate surface area is 187 Å². The number of rotatable bonds is 10. The van der Waals surface area contributed by atoms with Gasteiger partial charge in [0.15, 0.2) is 11.9 Å². The van der Waals surface area contributed by atoms with Gasteiger partial charge in [0.2, 0.25) is 0 Å². The van der Waals surface area contributed by atoms with Crippen LogP contribution in [-0.4, -0.2) is 57.1 Å². The van der Waals surface area contributed by atoms with Crippen molar-refractivity contribution in [2.45, 2.75) is 38.8 Å². The highest BCUT2D eigenvalue weighted by Crippen LogP contribution is 2.29. The molecule has 0 radical (unpaired) electrons. The van der Waals surface area contributed by atoms with Crippen LogP contribution < -0.4 is 5.73 Å². The molecule has 0 aliphatic heterocycles. The molecule has 3 N–H and O–H groups in total. The maximum absolute atomic E-state index is 12.8. The van der Waals surface area contributed by atoms with E-state index in [1.165, 1.54) is 7.11 Å². The predicted molar refractivity (Wildman–Crippen MR) is 120 cm³/mol. The molecule has 1 unspecified atom stereocenters. The summed E-state index contributed by atoms with van der Waals surface area (Å²) in [5, 5.41) is 14.1. The zero-order valence-corrected chi connectivity index (χ0v) is 18.3. The Bertz CT molecular complexity index is 1020. The van der Waals surface area contributed by atoms with E-state index in [1.54, 1.807) is 4.90 Å². The minimum absolute atomic E-state index is 0.362. The average molecular weight is 437 g/mol. The number of aromatic amines is 1. The van der Waals surface area contributed by atoms with Crippen LogP contribution in [-0.2, 0) is 20.9 Å². The molecule has 1 heterocycles. The van der Waals surface area contributed by atoms with Gasteiger partial charge in [-0.3, -0.25) is 4.79 Å². The van der Waals surface area contributed by atoms with Crippen LogP contribution in [0.4, 0.5) is 0 Å². The molecule has 0 aliphatic carbocycles. The second-order valence-electron chi connectivity index (χ2n) is 7.46. The largest absolute Gasteiger partial charge is 0.467 e. The Balaban J connectivity index is 1.79. The zero-order chi connectivity index (χ0) is 22.9. The molecule has 1 atom stereocenters. The van der Waals surface area contributed by atoms with Crippen molar-refractivity contribution in [1.82, 2.24) is 25.5 Å². The number of methoxy groups -OCH3 is 1. The van der Waals surface area contributed by atoms with E-state index in [1.807, 2.05) is 48.5 Å². The van der Waals surface area contributed by atoms with Gasteiger partial charge in [-0.15, -0.1) is 5.10 Å². The van der Waals surface area contributed by atoms with Gasteiger partial charge in [0, 0.05) is 18.7 Å². The van der Waals surface area contributed by atoms with E-state index in [2.05, 4.69) is 32.3 Å². The zero-order valence-electron chi connectivity index (χ0n) is 18.3. The van der Waals surface area contributed by atoms with Crippen molar-refractivity contribution >= 4 is 11.9 Å². The molecule has 9 heteroatoms. The van der Waals surface area contributed by atoms with Crippen molar-refractivity contribution in [2.24, 2.45) is 5.73 Å². The molecule has 3 rings (SSSR count). The number of esters is 1. The summed E-state index contributed by atoms with van der Waals surface area (Å²) in [7, 11) is 1.22. The number of hydrogen-bond donors (Lipinski definition) is 2. The van der Waals surface area contributed by atoms with E-state index >= 15 is 0 Å². The highest BCUT2D eigenvalue weighted by molar-refractivity contribution is 6.01. The first-order valence-electron chi connectivity index (χ1n) is 10.6. The number of hydrogen-bond acceptors (Lipinski definition) is 7. The molecular formula is C23H28N6O3. The number of benzene rings is 2. The molecule has 0 spiro atoms. The van der Waals surface area contributed by atoms with Gasteiger partial charge in [-0.25, -0.2) is 9.89 Å². The molecule has 0 saturated heterocycles. The first-order chi connectivity index (χ1) is 15.5. The summed E-state index contributed by atoms with van der Waals surface area (Å²) < 4.78 is 4.64. The topological polar surface area (TPSA) is 127 Å². The summed E-state index contributed by atoms with van der Waals surface area (Å²) in [6.45, 7) is 2.99. The molecule has 32 heavy (non-hydrogen) atoms. The van der Waals surface area contributed by atoms with Crippen LogP contribution in [0.5, 0.6) is 0 Å². The monoisotopic (exact) mass is 436 g/mol. The number of H-pyrrole nitrogens is 1. The highest BCUT2D eigenvalue weighted by Gasteiger charge is 2.27. The average Bonchev–Trinajstić information content (AvgIpc) is 3.37. The Morgan fingerprint density at radius 3 is 2.44 bits per heavy atom. The normalized spacial score (nSPS) is 11.7. The van der Waals surface area contributed by atoms with E-state index in [-0.39, 0.29) is 0 Å². The van der Waals surface area contributed by atoms with Crippen molar-refractivity contribution < 1.29 is 14.3 Å². The Morgan fingerprint density at radius 2 is 1.81 bits per heavy atom. The van der Waals surface area contributed by atoms with Crippen LogP contribution in [0.3, 0.4) is 0 Å². The SMILES string of the molecule is CCCCCN(Cc1ccc(-c2ccccc2-c2nnn[nH]2)cc1)C(=O)C(N)C(=O)OC. The number of nitrogens with two attached hydrogens (primary N) is 1. The molecule has 2 aromatic carbocycles. The Hall–Kier alpha value is -3.59. The van der Waals surface area contributed by atoms with Gasteiger partial charge in [-0.05, 0) is 33.5 Å². The van der Waals surface area contributed by atoms with Crippen molar-refractivity contribution in [3.05, 3.63) is 54.1 Å². The molecule has 9 nitrogen and oxygen atoms in total. The third-order valence-electron chi connectivity index (χ3n) is 5.23. The van der Waals surface area contributed by atoms with Crippen molar-refractivity contribution in [2.75, 3.05) is 13.7 Å². The second kappa shape index (κ2) is 11.1. The maximum atomic E-state index is 12.8. The molecule has 168 valence electrons. The third kappa shape index (κ3) is 5.55. The standard InChI is InChI=1S/C23H28N6O3/c1-3-4-7-14-29(22(30)20(24)23(31)32-2)15-16-10-12-17(13-11-16)18-8-5-6-9-19(18)21-25-27-28-26-21/h5-6,8-13,20H,3-4,7,14-15,24H2,1-2H3,(H,25,26,27,28). The number of nitrogens with zero attached hydrogens (tertiary/aromatic N) is 4. The van der Waals surface area contributed by atoms with Gasteiger partial charge >= 0.3 is 5.97 Å². The number of aromatic nitrogens is 4. The van der Waals surface area contributed by atoms with Crippen LogP contribution in [0.1, 0.15) is 31.7 Å². The molecule has 1 aromatic heterocycles. The van der Waals surface area contributed by atoms with E-state index in [4.69, 9.17) is 5.73 Å². The number of amides is 1. The van der Waals surface area contributed by atoms with E-state index in [9.17, 15) is 9.59 Å². The number of tetrazole rings is 1. The molecule has 1 amide bonds. The lowest BCUT2D eigenvalue weighted by molar-refractivity contribution is -0.149. The van der Waals surface area contributed by atoms with Crippen LogP contribution in [0.25, 0.3) is 22.5 Å². The van der Waals surface area contributed by atoms with Gasteiger partial charge in [0.25, 0.3) is 5.91 Å². The lowest BCUT2D eigenvalue weighted by Crippen LogP contribution is -2.48. The first-order valence-corrected chi connectivity index (χ1v) is 10.6. The maximum Gasteiger partial charge on any atom is 0.332 e. The summed E-state index contributed by atoms with van der Waals surface area (Å²) in [5.41, 5.74) is 9.63. The quantitative estimate of drug-likeness (QED) is 0.284. The molecule has 0 bridgehead atoms. The molecular weight excluding hydrogens is 408 g/mol. The van der Waals surface area contributed by atoms with Crippen LogP contribution >= 0.6 is 0 Å². The van der Waals surface area contributed by atoms with Crippen LogP contribution in [0.2, 0.25) is 0 Å². The summed E-state index contributed by atoms with van der Waals surface area (Å²) >= 11 is 0. The predicted octanol–water partition coefficient (Wildman–Crippen LogP) is 2.55. The van der Waals surface area contributed by atoms with Gasteiger partial charge in [-0.1, -0.05) is 68.3 Å². The number of carbonyl (C=O) groups is 2. The van der Waals surface area contributed by atoms with Crippen LogP contribution in [0, 0.1) is 0 Å². The summed E-state index contributed by atoms with van der Waals surface area (Å²) in [5.74, 6) is -0.571. The number of nitrogens with one attached hydrogen (secondary N) is 1.